The molecule has 300 valence electrons. The molecule has 13 rings (SSSR count). The molecule has 0 radical (unpaired) electrons. The van der Waals surface area contributed by atoms with E-state index < -0.39 is 0 Å². The van der Waals surface area contributed by atoms with Gasteiger partial charge in [0.05, 0.1) is 22.7 Å². The van der Waals surface area contributed by atoms with Gasteiger partial charge in [0.15, 0.2) is 0 Å². The topological polar surface area (TPSA) is 56.8 Å². The molecule has 6 nitrogen and oxygen atoms in total. The van der Waals surface area contributed by atoms with Crippen molar-refractivity contribution in [2.75, 3.05) is 20.4 Å². The van der Waals surface area contributed by atoms with Crippen LogP contribution >= 0.6 is 0 Å². The van der Waals surface area contributed by atoms with E-state index in [2.05, 4.69) is 196 Å². The van der Waals surface area contributed by atoms with Crippen LogP contribution in [0.25, 0.3) is 60.6 Å². The Morgan fingerprint density at radius 2 is 1.13 bits per heavy atom. The summed E-state index contributed by atoms with van der Waals surface area (Å²) in [7, 11) is 0. The van der Waals surface area contributed by atoms with Crippen molar-refractivity contribution in [1.82, 2.24) is 0 Å². The van der Waals surface area contributed by atoms with E-state index in [9.17, 15) is 0 Å². The third kappa shape index (κ3) is 5.70. The summed E-state index contributed by atoms with van der Waals surface area (Å²) in [5.74, 6) is 0.330. The molecule has 3 atom stereocenters. The minimum absolute atomic E-state index is 0.0373. The standard InChI is InChI=1S/C56H44N4O2/c1-3-11-41(12-4-1)59-49-17-9-7-15-47(49)57-55(59)37-23-19-35(20-24-37)39-27-29-51-43(31-39)45-33-46-44-32-40(28-30-52(44)62-54(46)34-53(45)61-51)36-21-25-38(26-22-36)56-58-48-16-8-10-18-50(48)60(56)42-13-5-2-6-14-42/h1-3,5,7-11,13,15-25,27-34,38,55-58H,4,6,12,14,26H2. The predicted octanol–water partition coefficient (Wildman–Crippen LogP) is 14.8. The van der Waals surface area contributed by atoms with E-state index in [0.717, 1.165) is 81.5 Å². The number of hydrogen-bond donors (Lipinski definition) is 2. The fourth-order valence-electron chi connectivity index (χ4n) is 10.5. The fourth-order valence-corrected chi connectivity index (χ4v) is 10.5. The summed E-state index contributed by atoms with van der Waals surface area (Å²) in [5.41, 5.74) is 17.0. The predicted molar refractivity (Wildman–Crippen MR) is 256 cm³/mol. The van der Waals surface area contributed by atoms with Crippen molar-refractivity contribution >= 4 is 72.2 Å². The van der Waals surface area contributed by atoms with Crippen molar-refractivity contribution in [2.24, 2.45) is 5.92 Å². The van der Waals surface area contributed by atoms with Gasteiger partial charge in [-0.1, -0.05) is 103 Å². The van der Waals surface area contributed by atoms with E-state index in [1.54, 1.807) is 0 Å². The van der Waals surface area contributed by atoms with Crippen LogP contribution in [-0.2, 0) is 0 Å². The molecule has 0 bridgehead atoms. The van der Waals surface area contributed by atoms with E-state index in [-0.39, 0.29) is 12.3 Å². The molecule has 2 N–H and O–H groups in total. The van der Waals surface area contributed by atoms with E-state index >= 15 is 0 Å². The van der Waals surface area contributed by atoms with Crippen LogP contribution in [0.4, 0.5) is 22.7 Å². The van der Waals surface area contributed by atoms with Crippen molar-refractivity contribution in [1.29, 1.82) is 0 Å². The molecule has 4 heterocycles. The van der Waals surface area contributed by atoms with Gasteiger partial charge in [0, 0.05) is 44.9 Å². The van der Waals surface area contributed by atoms with Crippen LogP contribution in [0.3, 0.4) is 0 Å². The van der Waals surface area contributed by atoms with Gasteiger partial charge in [0.1, 0.15) is 34.7 Å². The molecule has 2 aromatic heterocycles. The number of para-hydroxylation sites is 4. The molecule has 0 fully saturated rings. The molecule has 0 saturated heterocycles. The third-order valence-corrected chi connectivity index (χ3v) is 13.6. The maximum Gasteiger partial charge on any atom is 0.139 e. The minimum atomic E-state index is 0.0373. The van der Waals surface area contributed by atoms with Gasteiger partial charge in [-0.2, -0.15) is 0 Å². The molecule has 3 unspecified atom stereocenters. The molecular weight excluding hydrogens is 761 g/mol. The highest BCUT2D eigenvalue weighted by molar-refractivity contribution is 6.16. The first-order chi connectivity index (χ1) is 30.7. The van der Waals surface area contributed by atoms with Gasteiger partial charge in [0.25, 0.3) is 0 Å². The maximum absolute atomic E-state index is 6.46. The number of furan rings is 2. The lowest BCUT2D eigenvalue weighted by atomic mass is 9.90. The van der Waals surface area contributed by atoms with Crippen LogP contribution in [0.5, 0.6) is 0 Å². The van der Waals surface area contributed by atoms with Gasteiger partial charge in [-0.15, -0.1) is 0 Å². The van der Waals surface area contributed by atoms with Gasteiger partial charge in [-0.05, 0) is 127 Å². The van der Waals surface area contributed by atoms with Gasteiger partial charge in [0.2, 0.25) is 0 Å². The molecule has 2 aliphatic heterocycles. The summed E-state index contributed by atoms with van der Waals surface area (Å²) in [6.45, 7) is 0. The Morgan fingerprint density at radius 1 is 0.532 bits per heavy atom. The Balaban J connectivity index is 0.795. The summed E-state index contributed by atoms with van der Waals surface area (Å²) < 4.78 is 12.9. The fraction of sp³-hybridized carbons (Fsp3) is 0.143. The average molecular weight is 805 g/mol. The van der Waals surface area contributed by atoms with Crippen LogP contribution in [0.15, 0.2) is 196 Å². The lowest BCUT2D eigenvalue weighted by Crippen LogP contribution is -2.41. The van der Waals surface area contributed by atoms with Crippen LogP contribution in [0.2, 0.25) is 0 Å². The monoisotopic (exact) mass is 804 g/mol. The van der Waals surface area contributed by atoms with Crippen molar-refractivity contribution in [2.45, 2.75) is 44.4 Å². The lowest BCUT2D eigenvalue weighted by Gasteiger charge is -2.35. The van der Waals surface area contributed by atoms with Crippen molar-refractivity contribution in [3.8, 4) is 11.1 Å². The maximum atomic E-state index is 6.46. The second kappa shape index (κ2) is 14.1. The molecule has 6 heteroatoms. The van der Waals surface area contributed by atoms with E-state index in [1.807, 2.05) is 0 Å². The Labute approximate surface area is 360 Å². The van der Waals surface area contributed by atoms with Crippen molar-refractivity contribution in [3.63, 3.8) is 0 Å². The zero-order chi connectivity index (χ0) is 40.7. The molecular formula is C56H44N4O2. The van der Waals surface area contributed by atoms with Crippen LogP contribution in [0, 0.1) is 5.92 Å². The van der Waals surface area contributed by atoms with Gasteiger partial charge in [-0.25, -0.2) is 0 Å². The number of nitrogens with zero attached hydrogens (tertiary/aromatic N) is 2. The third-order valence-electron chi connectivity index (χ3n) is 13.6. The summed E-state index contributed by atoms with van der Waals surface area (Å²) >= 11 is 0. The zero-order valence-electron chi connectivity index (χ0n) is 34.2. The highest BCUT2D eigenvalue weighted by Crippen LogP contribution is 2.46. The number of fused-ring (bicyclic) bond motifs is 8. The summed E-state index contributed by atoms with van der Waals surface area (Å²) in [6.07, 6.45) is 26.0. The Morgan fingerprint density at radius 3 is 1.79 bits per heavy atom. The van der Waals surface area contributed by atoms with Gasteiger partial charge in [-0.3, -0.25) is 0 Å². The first-order valence-electron chi connectivity index (χ1n) is 22.0. The number of nitrogens with one attached hydrogen (secondary N) is 2. The summed E-state index contributed by atoms with van der Waals surface area (Å²) in [5, 5.41) is 12.1. The number of rotatable bonds is 6. The van der Waals surface area contributed by atoms with Crippen LogP contribution in [-0.4, -0.2) is 6.17 Å². The first-order valence-corrected chi connectivity index (χ1v) is 22.0. The molecule has 3 aliphatic carbocycles. The van der Waals surface area contributed by atoms with Gasteiger partial charge < -0.3 is 29.3 Å². The largest absolute Gasteiger partial charge is 0.456 e. The highest BCUT2D eigenvalue weighted by atomic mass is 16.3. The van der Waals surface area contributed by atoms with E-state index in [0.29, 0.717) is 5.92 Å². The van der Waals surface area contributed by atoms with Crippen molar-refractivity contribution in [3.05, 3.63) is 199 Å². The average Bonchev–Trinajstić information content (AvgIpc) is 4.11. The zero-order valence-corrected chi connectivity index (χ0v) is 34.2. The number of benzene rings is 6. The van der Waals surface area contributed by atoms with Crippen molar-refractivity contribution < 1.29 is 8.83 Å². The molecule has 0 saturated carbocycles. The minimum Gasteiger partial charge on any atom is -0.456 e. The first kappa shape index (κ1) is 35.3. The SMILES string of the molecule is C1=CCCC(N2c3ccccc3NC2c2ccc(-c3ccc4oc5cc6oc7ccc(C8=CCC(C9Nc%10ccccc%10N9C9=CC=CCC9)C=C8)cc7c6cc5c4c3)cc2)=C1. The summed E-state index contributed by atoms with van der Waals surface area (Å²) in [4.78, 5) is 5.00. The van der Waals surface area contributed by atoms with E-state index in [1.165, 1.54) is 56.4 Å². The Kier molecular flexibility index (Phi) is 8.02. The second-order valence-electron chi connectivity index (χ2n) is 17.2. The lowest BCUT2D eigenvalue weighted by molar-refractivity contribution is 0.535. The molecule has 8 aromatic rings. The number of anilines is 4. The van der Waals surface area contributed by atoms with Crippen LogP contribution in [0.1, 0.15) is 49.4 Å². The van der Waals surface area contributed by atoms with Gasteiger partial charge >= 0.3 is 0 Å². The molecule has 62 heavy (non-hydrogen) atoms. The Hall–Kier alpha value is -7.44. The Bertz CT molecular complexity index is 3320. The highest BCUT2D eigenvalue weighted by Gasteiger charge is 2.36. The normalized spacial score (nSPS) is 20.4. The molecule has 0 amide bonds. The molecule has 5 aliphatic rings. The molecule has 0 spiro atoms. The summed E-state index contributed by atoms with van der Waals surface area (Å²) in [6, 6.07) is 43.9. The molecule has 6 aromatic carbocycles. The van der Waals surface area contributed by atoms with E-state index in [4.69, 9.17) is 8.83 Å². The smallest absolute Gasteiger partial charge is 0.139 e. The number of allylic oxidation sites excluding steroid dienone is 11. The quantitative estimate of drug-likeness (QED) is 0.175. The second-order valence-corrected chi connectivity index (χ2v) is 17.2. The number of hydrogen-bond acceptors (Lipinski definition) is 6. The van der Waals surface area contributed by atoms with Crippen LogP contribution < -0.4 is 20.4 Å².